The molecule has 0 unspecified atom stereocenters. The Kier molecular flexibility index (Phi) is 9.10. The van der Waals surface area contributed by atoms with Crippen LogP contribution in [0.3, 0.4) is 0 Å². The van der Waals surface area contributed by atoms with Gasteiger partial charge in [0.1, 0.15) is 12.6 Å². The molecule has 0 bridgehead atoms. The van der Waals surface area contributed by atoms with Gasteiger partial charge in [-0.25, -0.2) is 8.42 Å². The molecule has 0 radical (unpaired) electrons. The van der Waals surface area contributed by atoms with E-state index in [4.69, 9.17) is 0 Å². The molecule has 0 fully saturated rings. The predicted molar refractivity (Wildman–Crippen MR) is 147 cm³/mol. The molecule has 0 saturated carbocycles. The molecule has 0 heterocycles. The second-order valence-electron chi connectivity index (χ2n) is 9.09. The quantitative estimate of drug-likeness (QED) is 0.430. The predicted octanol–water partition coefficient (Wildman–Crippen LogP) is 4.36. The fraction of sp³-hybridized carbons (Fsp3) is 0.310. The lowest BCUT2D eigenvalue weighted by Crippen LogP contribution is -2.51. The number of nitrogens with zero attached hydrogens (tertiary/aromatic N) is 2. The van der Waals surface area contributed by atoms with Crippen LogP contribution in [0.5, 0.6) is 0 Å². The van der Waals surface area contributed by atoms with E-state index in [1.54, 1.807) is 30.3 Å². The van der Waals surface area contributed by atoms with Crippen LogP contribution >= 0.6 is 0 Å². The molecule has 0 aliphatic heterocycles. The standard InChI is InChI=1S/C29H35N3O4S/c1-6-26(29(34)30-5)31(19-24-14-10-12-21(2)18-24)28(33)20-32(27-17-11-13-22(3)23(27)4)37(35,36)25-15-8-7-9-16-25/h7-18,26H,6,19-20H2,1-5H3,(H,30,34)/t26-/m0/s1. The van der Waals surface area contributed by atoms with E-state index in [-0.39, 0.29) is 17.3 Å². The number of anilines is 1. The van der Waals surface area contributed by atoms with Gasteiger partial charge in [-0.3, -0.25) is 13.9 Å². The van der Waals surface area contributed by atoms with E-state index in [1.165, 1.54) is 24.1 Å². The molecular weight excluding hydrogens is 486 g/mol. The summed E-state index contributed by atoms with van der Waals surface area (Å²) in [6, 6.07) is 20.4. The molecule has 0 aromatic heterocycles. The van der Waals surface area contributed by atoms with Crippen molar-refractivity contribution in [2.45, 2.75) is 51.6 Å². The highest BCUT2D eigenvalue weighted by Gasteiger charge is 2.34. The number of aryl methyl sites for hydroxylation is 2. The van der Waals surface area contributed by atoms with Crippen molar-refractivity contribution in [3.05, 3.63) is 95.1 Å². The Morgan fingerprint density at radius 3 is 2.22 bits per heavy atom. The largest absolute Gasteiger partial charge is 0.357 e. The van der Waals surface area contributed by atoms with Crippen molar-refractivity contribution < 1.29 is 18.0 Å². The van der Waals surface area contributed by atoms with Crippen molar-refractivity contribution in [2.24, 2.45) is 0 Å². The summed E-state index contributed by atoms with van der Waals surface area (Å²) >= 11 is 0. The first-order chi connectivity index (χ1) is 17.6. The van der Waals surface area contributed by atoms with Gasteiger partial charge in [-0.05, 0) is 62.1 Å². The van der Waals surface area contributed by atoms with E-state index in [2.05, 4.69) is 5.32 Å². The van der Waals surface area contributed by atoms with Gasteiger partial charge >= 0.3 is 0 Å². The van der Waals surface area contributed by atoms with Crippen LogP contribution in [0.4, 0.5) is 5.69 Å². The second kappa shape index (κ2) is 12.1. The monoisotopic (exact) mass is 521 g/mol. The molecule has 1 atom stereocenters. The Balaban J connectivity index is 2.10. The molecule has 1 N–H and O–H groups in total. The van der Waals surface area contributed by atoms with E-state index in [1.807, 2.05) is 58.0 Å². The Hall–Kier alpha value is -3.65. The minimum atomic E-state index is -4.07. The average molecular weight is 522 g/mol. The van der Waals surface area contributed by atoms with Crippen LogP contribution in [0.1, 0.15) is 35.6 Å². The summed E-state index contributed by atoms with van der Waals surface area (Å²) < 4.78 is 28.9. The first kappa shape index (κ1) is 27.9. The van der Waals surface area contributed by atoms with E-state index in [0.717, 1.165) is 26.6 Å². The minimum absolute atomic E-state index is 0.0901. The number of hydrogen-bond donors (Lipinski definition) is 1. The topological polar surface area (TPSA) is 86.8 Å². The molecular formula is C29H35N3O4S. The van der Waals surface area contributed by atoms with E-state index < -0.39 is 28.5 Å². The van der Waals surface area contributed by atoms with Crippen molar-refractivity contribution in [3.63, 3.8) is 0 Å². The zero-order valence-electron chi connectivity index (χ0n) is 22.1. The lowest BCUT2D eigenvalue weighted by Gasteiger charge is -2.33. The minimum Gasteiger partial charge on any atom is -0.357 e. The molecule has 0 spiro atoms. The van der Waals surface area contributed by atoms with Gasteiger partial charge in [0.15, 0.2) is 0 Å². The van der Waals surface area contributed by atoms with Crippen LogP contribution in [-0.4, -0.2) is 44.8 Å². The molecule has 2 amide bonds. The molecule has 196 valence electrons. The van der Waals surface area contributed by atoms with E-state index in [9.17, 15) is 18.0 Å². The van der Waals surface area contributed by atoms with Gasteiger partial charge in [-0.1, -0.05) is 67.1 Å². The maximum Gasteiger partial charge on any atom is 0.264 e. The molecule has 3 rings (SSSR count). The Labute approximate surface area is 220 Å². The molecule has 8 heteroatoms. The van der Waals surface area contributed by atoms with Crippen molar-refractivity contribution in [1.29, 1.82) is 0 Å². The first-order valence-corrected chi connectivity index (χ1v) is 13.7. The summed E-state index contributed by atoms with van der Waals surface area (Å²) in [7, 11) is -2.54. The fourth-order valence-electron chi connectivity index (χ4n) is 4.33. The summed E-state index contributed by atoms with van der Waals surface area (Å²) in [6.45, 7) is 7.27. The van der Waals surface area contributed by atoms with Crippen LogP contribution < -0.4 is 9.62 Å². The van der Waals surface area contributed by atoms with Crippen LogP contribution in [-0.2, 0) is 26.2 Å². The van der Waals surface area contributed by atoms with Gasteiger partial charge in [0, 0.05) is 13.6 Å². The second-order valence-corrected chi connectivity index (χ2v) is 11.0. The number of carbonyl (C=O) groups is 2. The fourth-order valence-corrected chi connectivity index (χ4v) is 5.82. The van der Waals surface area contributed by atoms with Gasteiger partial charge in [-0.2, -0.15) is 0 Å². The Morgan fingerprint density at radius 2 is 1.59 bits per heavy atom. The third-order valence-corrected chi connectivity index (χ3v) is 8.30. The number of hydrogen-bond acceptors (Lipinski definition) is 4. The summed E-state index contributed by atoms with van der Waals surface area (Å²) in [5.41, 5.74) is 3.99. The van der Waals surface area contributed by atoms with Crippen LogP contribution in [0.2, 0.25) is 0 Å². The number of nitrogens with one attached hydrogen (secondary N) is 1. The molecule has 0 aliphatic carbocycles. The van der Waals surface area contributed by atoms with Crippen molar-refractivity contribution in [2.75, 3.05) is 17.9 Å². The number of sulfonamides is 1. The van der Waals surface area contributed by atoms with Crippen molar-refractivity contribution in [3.8, 4) is 0 Å². The number of amides is 2. The van der Waals surface area contributed by atoms with Crippen LogP contribution in [0.25, 0.3) is 0 Å². The molecule has 37 heavy (non-hydrogen) atoms. The third-order valence-electron chi connectivity index (χ3n) is 6.52. The maximum atomic E-state index is 14.0. The summed E-state index contributed by atoms with van der Waals surface area (Å²) in [6.07, 6.45) is 0.381. The first-order valence-electron chi connectivity index (χ1n) is 12.3. The third kappa shape index (κ3) is 6.38. The number of likely N-dealkylation sites (N-methyl/N-ethyl adjacent to an activating group) is 1. The smallest absolute Gasteiger partial charge is 0.264 e. The molecule has 3 aromatic rings. The molecule has 0 saturated heterocycles. The number of benzene rings is 3. The Bertz CT molecular complexity index is 1360. The molecule has 0 aliphatic rings. The summed E-state index contributed by atoms with van der Waals surface area (Å²) in [5, 5.41) is 2.64. The maximum absolute atomic E-state index is 14.0. The summed E-state index contributed by atoms with van der Waals surface area (Å²) in [5.74, 6) is -0.759. The number of rotatable bonds is 10. The van der Waals surface area contributed by atoms with Gasteiger partial charge in [0.05, 0.1) is 10.6 Å². The lowest BCUT2D eigenvalue weighted by atomic mass is 10.1. The van der Waals surface area contributed by atoms with Crippen LogP contribution in [0.15, 0.2) is 77.7 Å². The van der Waals surface area contributed by atoms with Crippen LogP contribution in [0, 0.1) is 20.8 Å². The lowest BCUT2D eigenvalue weighted by molar-refractivity contribution is -0.140. The van der Waals surface area contributed by atoms with Gasteiger partial charge in [-0.15, -0.1) is 0 Å². The van der Waals surface area contributed by atoms with Gasteiger partial charge < -0.3 is 10.2 Å². The van der Waals surface area contributed by atoms with Gasteiger partial charge in [0.2, 0.25) is 11.8 Å². The zero-order chi connectivity index (χ0) is 27.2. The highest BCUT2D eigenvalue weighted by atomic mass is 32.2. The van der Waals surface area contributed by atoms with Crippen molar-refractivity contribution >= 4 is 27.5 Å². The van der Waals surface area contributed by atoms with Crippen molar-refractivity contribution in [1.82, 2.24) is 10.2 Å². The Morgan fingerprint density at radius 1 is 0.919 bits per heavy atom. The SMILES string of the molecule is CC[C@@H](C(=O)NC)N(Cc1cccc(C)c1)C(=O)CN(c1cccc(C)c1C)S(=O)(=O)c1ccccc1. The van der Waals surface area contributed by atoms with Gasteiger partial charge in [0.25, 0.3) is 10.0 Å². The number of carbonyl (C=O) groups excluding carboxylic acids is 2. The highest BCUT2D eigenvalue weighted by Crippen LogP contribution is 2.29. The van der Waals surface area contributed by atoms with E-state index in [0.29, 0.717) is 12.1 Å². The molecule has 3 aromatic carbocycles. The highest BCUT2D eigenvalue weighted by molar-refractivity contribution is 7.92. The summed E-state index contributed by atoms with van der Waals surface area (Å²) in [4.78, 5) is 28.3. The average Bonchev–Trinajstić information content (AvgIpc) is 2.89. The normalized spacial score (nSPS) is 12.0. The zero-order valence-corrected chi connectivity index (χ0v) is 22.9. The molecule has 7 nitrogen and oxygen atoms in total. The van der Waals surface area contributed by atoms with E-state index >= 15 is 0 Å².